The van der Waals surface area contributed by atoms with Gasteiger partial charge in [0.25, 0.3) is 0 Å². The molecule has 162 valence electrons. The predicted molar refractivity (Wildman–Crippen MR) is 118 cm³/mol. The molecule has 0 bridgehead atoms. The Bertz CT molecular complexity index is 1180. The summed E-state index contributed by atoms with van der Waals surface area (Å²) in [7, 11) is -3.47. The molecule has 4 rings (SSSR count). The number of carbonyl (C=O) groups excluding carboxylic acids is 1. The molecule has 0 saturated carbocycles. The second-order valence-electron chi connectivity index (χ2n) is 7.48. The van der Waals surface area contributed by atoms with Crippen LogP contribution >= 0.6 is 0 Å². The third kappa shape index (κ3) is 5.00. The standard InChI is InChI=1S/C22H25N5O3S/c28-22(23-17-21-25-24-20-7-3-6-16-27(20)21)13-10-18-8-11-19(12-9-18)31(29,30)26-14-4-1-2-5-15-26/h3,6-13,16H,1-2,4-5,14-15,17H2,(H,23,28)/b13-10+. The van der Waals surface area contributed by atoms with Crippen LogP contribution in [-0.4, -0.2) is 46.3 Å². The molecule has 0 aliphatic carbocycles. The summed E-state index contributed by atoms with van der Waals surface area (Å²) in [5.74, 6) is 0.370. The molecule has 1 N–H and O–H groups in total. The molecule has 0 spiro atoms. The number of amides is 1. The number of pyridine rings is 1. The van der Waals surface area contributed by atoms with Crippen molar-refractivity contribution in [2.75, 3.05) is 13.1 Å². The zero-order valence-corrected chi connectivity index (χ0v) is 18.0. The summed E-state index contributed by atoms with van der Waals surface area (Å²) in [4.78, 5) is 12.4. The van der Waals surface area contributed by atoms with E-state index in [0.717, 1.165) is 36.9 Å². The van der Waals surface area contributed by atoms with Crippen LogP contribution in [0.3, 0.4) is 0 Å². The van der Waals surface area contributed by atoms with Crippen LogP contribution in [0.5, 0.6) is 0 Å². The van der Waals surface area contributed by atoms with Crippen molar-refractivity contribution < 1.29 is 13.2 Å². The molecular weight excluding hydrogens is 414 g/mol. The largest absolute Gasteiger partial charge is 0.345 e. The first-order valence-corrected chi connectivity index (χ1v) is 11.8. The van der Waals surface area contributed by atoms with E-state index in [1.165, 1.54) is 6.08 Å². The van der Waals surface area contributed by atoms with Crippen molar-refractivity contribution in [1.29, 1.82) is 0 Å². The van der Waals surface area contributed by atoms with E-state index in [9.17, 15) is 13.2 Å². The van der Waals surface area contributed by atoms with E-state index in [1.807, 2.05) is 28.8 Å². The Hall–Kier alpha value is -3.04. The van der Waals surface area contributed by atoms with Crippen molar-refractivity contribution in [1.82, 2.24) is 24.2 Å². The molecule has 3 heterocycles. The fraction of sp³-hybridized carbons (Fsp3) is 0.318. The second kappa shape index (κ2) is 9.40. The average Bonchev–Trinajstić information content (AvgIpc) is 2.99. The van der Waals surface area contributed by atoms with E-state index in [0.29, 0.717) is 18.9 Å². The highest BCUT2D eigenvalue weighted by Crippen LogP contribution is 2.21. The van der Waals surface area contributed by atoms with Crippen LogP contribution in [0.2, 0.25) is 0 Å². The maximum Gasteiger partial charge on any atom is 0.244 e. The minimum atomic E-state index is -3.47. The summed E-state index contributed by atoms with van der Waals surface area (Å²) >= 11 is 0. The number of sulfonamides is 1. The van der Waals surface area contributed by atoms with Gasteiger partial charge in [-0.3, -0.25) is 9.20 Å². The van der Waals surface area contributed by atoms with E-state index in [4.69, 9.17) is 0 Å². The van der Waals surface area contributed by atoms with Gasteiger partial charge in [-0.1, -0.05) is 31.0 Å². The van der Waals surface area contributed by atoms with E-state index >= 15 is 0 Å². The first-order chi connectivity index (χ1) is 15.0. The fourth-order valence-corrected chi connectivity index (χ4v) is 5.11. The van der Waals surface area contributed by atoms with Gasteiger partial charge in [0, 0.05) is 25.4 Å². The first-order valence-electron chi connectivity index (χ1n) is 10.4. The SMILES string of the molecule is O=C(/C=C/c1ccc(S(=O)(=O)N2CCCCCC2)cc1)NCc1nnc2ccccn12. The molecule has 8 nitrogen and oxygen atoms in total. The Morgan fingerprint density at radius 3 is 2.48 bits per heavy atom. The minimum Gasteiger partial charge on any atom is -0.345 e. The molecule has 2 aromatic heterocycles. The van der Waals surface area contributed by atoms with Gasteiger partial charge in [0.2, 0.25) is 15.9 Å². The second-order valence-corrected chi connectivity index (χ2v) is 9.42. The van der Waals surface area contributed by atoms with Crippen LogP contribution < -0.4 is 5.32 Å². The molecule has 1 saturated heterocycles. The van der Waals surface area contributed by atoms with E-state index in [2.05, 4.69) is 15.5 Å². The monoisotopic (exact) mass is 439 g/mol. The van der Waals surface area contributed by atoms with Crippen LogP contribution in [0.25, 0.3) is 11.7 Å². The van der Waals surface area contributed by atoms with Crippen LogP contribution in [0.4, 0.5) is 0 Å². The number of hydrogen-bond donors (Lipinski definition) is 1. The zero-order valence-electron chi connectivity index (χ0n) is 17.1. The van der Waals surface area contributed by atoms with E-state index < -0.39 is 10.0 Å². The van der Waals surface area contributed by atoms with Gasteiger partial charge in [-0.25, -0.2) is 8.42 Å². The van der Waals surface area contributed by atoms with Gasteiger partial charge in [0.1, 0.15) is 0 Å². The zero-order chi connectivity index (χ0) is 21.7. The number of hydrogen-bond acceptors (Lipinski definition) is 5. The minimum absolute atomic E-state index is 0.251. The Morgan fingerprint density at radius 1 is 1.00 bits per heavy atom. The summed E-state index contributed by atoms with van der Waals surface area (Å²) in [6.45, 7) is 1.40. The topological polar surface area (TPSA) is 96.7 Å². The van der Waals surface area contributed by atoms with Crippen molar-refractivity contribution in [2.24, 2.45) is 0 Å². The molecule has 1 aromatic carbocycles. The third-order valence-corrected chi connectivity index (χ3v) is 7.23. The highest BCUT2D eigenvalue weighted by molar-refractivity contribution is 7.89. The number of rotatable bonds is 6. The molecule has 1 aliphatic rings. The molecular formula is C22H25N5O3S. The fourth-order valence-electron chi connectivity index (χ4n) is 3.59. The van der Waals surface area contributed by atoms with Gasteiger partial charge >= 0.3 is 0 Å². The molecule has 9 heteroatoms. The lowest BCUT2D eigenvalue weighted by Crippen LogP contribution is -2.31. The Balaban J connectivity index is 1.36. The third-order valence-electron chi connectivity index (χ3n) is 5.32. The normalized spacial score (nSPS) is 15.9. The lowest BCUT2D eigenvalue weighted by Gasteiger charge is -2.19. The quantitative estimate of drug-likeness (QED) is 0.596. The molecule has 1 amide bonds. The summed E-state index contributed by atoms with van der Waals surface area (Å²) in [6.07, 6.45) is 8.87. The number of nitrogens with one attached hydrogen (secondary N) is 1. The first kappa shape index (κ1) is 21.2. The van der Waals surface area contributed by atoms with Crippen molar-refractivity contribution in [2.45, 2.75) is 37.1 Å². The number of nitrogens with zero attached hydrogens (tertiary/aromatic N) is 4. The molecule has 1 fully saturated rings. The summed E-state index contributed by atoms with van der Waals surface area (Å²) in [5, 5.41) is 10.9. The number of carbonyl (C=O) groups is 1. The predicted octanol–water partition coefficient (Wildman–Crippen LogP) is 2.62. The lowest BCUT2D eigenvalue weighted by molar-refractivity contribution is -0.116. The van der Waals surface area contributed by atoms with Gasteiger partial charge in [-0.15, -0.1) is 10.2 Å². The number of fused-ring (bicyclic) bond motifs is 1. The highest BCUT2D eigenvalue weighted by Gasteiger charge is 2.24. The maximum absolute atomic E-state index is 12.8. The lowest BCUT2D eigenvalue weighted by atomic mass is 10.2. The number of benzene rings is 1. The molecule has 0 unspecified atom stereocenters. The number of aromatic nitrogens is 3. The average molecular weight is 440 g/mol. The van der Waals surface area contributed by atoms with Crippen LogP contribution in [0.15, 0.2) is 59.6 Å². The van der Waals surface area contributed by atoms with Gasteiger partial charge in [-0.2, -0.15) is 4.31 Å². The summed E-state index contributed by atoms with van der Waals surface area (Å²) in [5.41, 5.74) is 1.47. The van der Waals surface area contributed by atoms with Crippen molar-refractivity contribution in [3.8, 4) is 0 Å². The Kier molecular flexibility index (Phi) is 6.43. The molecule has 0 atom stereocenters. The molecule has 1 aliphatic heterocycles. The molecule has 31 heavy (non-hydrogen) atoms. The smallest absolute Gasteiger partial charge is 0.244 e. The highest BCUT2D eigenvalue weighted by atomic mass is 32.2. The summed E-state index contributed by atoms with van der Waals surface area (Å²) < 4.78 is 29.1. The van der Waals surface area contributed by atoms with Crippen LogP contribution in [0, 0.1) is 0 Å². The maximum atomic E-state index is 12.8. The van der Waals surface area contributed by atoms with Gasteiger partial charge in [0.15, 0.2) is 11.5 Å². The van der Waals surface area contributed by atoms with Crippen molar-refractivity contribution in [3.05, 3.63) is 66.1 Å². The van der Waals surface area contributed by atoms with Crippen LogP contribution in [0.1, 0.15) is 37.1 Å². The van der Waals surface area contributed by atoms with E-state index in [1.54, 1.807) is 34.6 Å². The van der Waals surface area contributed by atoms with E-state index in [-0.39, 0.29) is 17.3 Å². The summed E-state index contributed by atoms with van der Waals surface area (Å²) in [6, 6.07) is 12.2. The van der Waals surface area contributed by atoms with Gasteiger partial charge < -0.3 is 5.32 Å². The van der Waals surface area contributed by atoms with Crippen molar-refractivity contribution >= 4 is 27.7 Å². The molecule has 0 radical (unpaired) electrons. The van der Waals surface area contributed by atoms with Crippen LogP contribution in [-0.2, 0) is 21.4 Å². The van der Waals surface area contributed by atoms with Gasteiger partial charge in [-0.05, 0) is 48.7 Å². The molecule has 3 aromatic rings. The Morgan fingerprint density at radius 2 is 1.74 bits per heavy atom. The van der Waals surface area contributed by atoms with Gasteiger partial charge in [0.05, 0.1) is 11.4 Å². The Labute approximate surface area is 181 Å². The van der Waals surface area contributed by atoms with Crippen molar-refractivity contribution in [3.63, 3.8) is 0 Å².